The molecule has 2 aliphatic rings. The molecule has 0 atom stereocenters. The summed E-state index contributed by atoms with van der Waals surface area (Å²) in [5, 5.41) is 0. The normalized spacial score (nSPS) is 21.2. The zero-order valence-electron chi connectivity index (χ0n) is 9.32. The van der Waals surface area contributed by atoms with E-state index in [2.05, 4.69) is 31.9 Å². The Kier molecular flexibility index (Phi) is 2.84. The van der Waals surface area contributed by atoms with E-state index < -0.39 is 0 Å². The summed E-state index contributed by atoms with van der Waals surface area (Å²) in [6.07, 6.45) is 6.46. The highest BCUT2D eigenvalue weighted by atomic mass is 79.9. The molecule has 0 radical (unpaired) electrons. The number of aromatic nitrogens is 2. The van der Waals surface area contributed by atoms with Crippen LogP contribution in [-0.4, -0.2) is 23.1 Å². The van der Waals surface area contributed by atoms with Crippen molar-refractivity contribution in [1.82, 2.24) is 9.97 Å². The van der Waals surface area contributed by atoms with Crippen LogP contribution in [0.5, 0.6) is 0 Å². The molecule has 1 aliphatic carbocycles. The molecule has 3 nitrogen and oxygen atoms in total. The maximum Gasteiger partial charge on any atom is 0.135 e. The van der Waals surface area contributed by atoms with Gasteiger partial charge in [-0.25, -0.2) is 9.97 Å². The van der Waals surface area contributed by atoms with Gasteiger partial charge in [0.1, 0.15) is 16.2 Å². The topological polar surface area (TPSA) is 29.0 Å². The van der Waals surface area contributed by atoms with E-state index in [0.717, 1.165) is 29.3 Å². The molecule has 0 spiro atoms. The molecule has 0 bridgehead atoms. The number of nitrogens with zero attached hydrogens (tertiary/aromatic N) is 3. The van der Waals surface area contributed by atoms with Gasteiger partial charge >= 0.3 is 0 Å². The fraction of sp³-hybridized carbons (Fsp3) is 0.667. The highest BCUT2D eigenvalue weighted by Crippen LogP contribution is 2.39. The van der Waals surface area contributed by atoms with Gasteiger partial charge in [-0.05, 0) is 48.0 Å². The van der Waals surface area contributed by atoms with Crippen molar-refractivity contribution in [2.45, 2.75) is 38.0 Å². The lowest BCUT2D eigenvalue weighted by atomic mass is 10.1. The van der Waals surface area contributed by atoms with Gasteiger partial charge in [0.15, 0.2) is 0 Å². The van der Waals surface area contributed by atoms with Gasteiger partial charge in [0, 0.05) is 25.1 Å². The van der Waals surface area contributed by atoms with Gasteiger partial charge in [-0.2, -0.15) is 0 Å². The van der Waals surface area contributed by atoms with Gasteiger partial charge in [-0.1, -0.05) is 0 Å². The van der Waals surface area contributed by atoms with E-state index in [1.165, 1.54) is 32.1 Å². The first kappa shape index (κ1) is 10.5. The van der Waals surface area contributed by atoms with E-state index in [9.17, 15) is 0 Å². The van der Waals surface area contributed by atoms with Crippen molar-refractivity contribution < 1.29 is 0 Å². The Bertz CT molecular complexity index is 384. The third kappa shape index (κ3) is 2.21. The molecule has 1 aromatic rings. The zero-order valence-corrected chi connectivity index (χ0v) is 10.9. The monoisotopic (exact) mass is 281 g/mol. The summed E-state index contributed by atoms with van der Waals surface area (Å²) in [7, 11) is 0. The van der Waals surface area contributed by atoms with Gasteiger partial charge in [0.25, 0.3) is 0 Å². The van der Waals surface area contributed by atoms with Crippen LogP contribution in [0.3, 0.4) is 0 Å². The molecule has 1 saturated heterocycles. The molecular weight excluding hydrogens is 266 g/mol. The fourth-order valence-electron chi connectivity index (χ4n) is 2.23. The quantitative estimate of drug-likeness (QED) is 0.780. The Labute approximate surface area is 104 Å². The molecule has 0 amide bonds. The molecule has 1 aliphatic heterocycles. The van der Waals surface area contributed by atoms with Crippen molar-refractivity contribution in [3.05, 3.63) is 16.5 Å². The molecule has 3 rings (SSSR count). The van der Waals surface area contributed by atoms with Crippen LogP contribution in [0.15, 0.2) is 10.7 Å². The van der Waals surface area contributed by atoms with E-state index >= 15 is 0 Å². The Morgan fingerprint density at radius 3 is 2.56 bits per heavy atom. The van der Waals surface area contributed by atoms with Crippen molar-refractivity contribution >= 4 is 21.7 Å². The van der Waals surface area contributed by atoms with Crippen LogP contribution in [-0.2, 0) is 0 Å². The lowest BCUT2D eigenvalue weighted by Crippen LogP contribution is -2.30. The van der Waals surface area contributed by atoms with E-state index in [1.54, 1.807) is 0 Å². The number of anilines is 1. The van der Waals surface area contributed by atoms with Crippen LogP contribution in [0.25, 0.3) is 0 Å². The Hall–Kier alpha value is -0.640. The molecule has 0 unspecified atom stereocenters. The van der Waals surface area contributed by atoms with Crippen molar-refractivity contribution in [1.29, 1.82) is 0 Å². The summed E-state index contributed by atoms with van der Waals surface area (Å²) in [6, 6.07) is 2.05. The SMILES string of the molecule is Brc1cc(N2CCCCC2)nc(C2CC2)n1. The van der Waals surface area contributed by atoms with Crippen molar-refractivity contribution in [2.24, 2.45) is 0 Å². The Balaban J connectivity index is 1.86. The predicted octanol–water partition coefficient (Wildman–Crippen LogP) is 3.11. The molecule has 86 valence electrons. The minimum atomic E-state index is 0.626. The van der Waals surface area contributed by atoms with Crippen LogP contribution < -0.4 is 4.90 Å². The van der Waals surface area contributed by atoms with Crippen molar-refractivity contribution in [2.75, 3.05) is 18.0 Å². The third-order valence-electron chi connectivity index (χ3n) is 3.32. The second kappa shape index (κ2) is 4.32. The first-order chi connectivity index (χ1) is 7.83. The van der Waals surface area contributed by atoms with E-state index in [0.29, 0.717) is 5.92 Å². The molecule has 1 aromatic heterocycles. The minimum absolute atomic E-state index is 0.626. The van der Waals surface area contributed by atoms with E-state index in [4.69, 9.17) is 4.98 Å². The van der Waals surface area contributed by atoms with Gasteiger partial charge < -0.3 is 4.90 Å². The maximum atomic E-state index is 4.70. The summed E-state index contributed by atoms with van der Waals surface area (Å²) in [5.74, 6) is 2.78. The smallest absolute Gasteiger partial charge is 0.135 e. The van der Waals surface area contributed by atoms with Gasteiger partial charge in [0.05, 0.1) is 0 Å². The molecule has 16 heavy (non-hydrogen) atoms. The third-order valence-corrected chi connectivity index (χ3v) is 3.73. The highest BCUT2D eigenvalue weighted by molar-refractivity contribution is 9.10. The average molecular weight is 282 g/mol. The maximum absolute atomic E-state index is 4.70. The lowest BCUT2D eigenvalue weighted by molar-refractivity contribution is 0.571. The largest absolute Gasteiger partial charge is 0.356 e. The number of rotatable bonds is 2. The number of halogens is 1. The lowest BCUT2D eigenvalue weighted by Gasteiger charge is -2.28. The van der Waals surface area contributed by atoms with Crippen LogP contribution in [0.4, 0.5) is 5.82 Å². The van der Waals surface area contributed by atoms with Crippen LogP contribution in [0, 0.1) is 0 Å². The second-order valence-corrected chi connectivity index (χ2v) is 5.54. The van der Waals surface area contributed by atoms with Crippen LogP contribution in [0.1, 0.15) is 43.8 Å². The van der Waals surface area contributed by atoms with Gasteiger partial charge in [-0.15, -0.1) is 0 Å². The molecule has 1 saturated carbocycles. The summed E-state index contributed by atoms with van der Waals surface area (Å²) >= 11 is 3.50. The first-order valence-electron chi connectivity index (χ1n) is 6.12. The summed E-state index contributed by atoms with van der Waals surface area (Å²) in [4.78, 5) is 11.6. The predicted molar refractivity (Wildman–Crippen MR) is 67.8 cm³/mol. The molecule has 2 heterocycles. The molecule has 0 aromatic carbocycles. The summed E-state index contributed by atoms with van der Waals surface area (Å²) in [6.45, 7) is 2.29. The zero-order chi connectivity index (χ0) is 11.0. The van der Waals surface area contributed by atoms with Gasteiger partial charge in [0.2, 0.25) is 0 Å². The van der Waals surface area contributed by atoms with Crippen LogP contribution >= 0.6 is 15.9 Å². The number of hydrogen-bond donors (Lipinski definition) is 0. The first-order valence-corrected chi connectivity index (χ1v) is 6.91. The molecule has 4 heteroatoms. The average Bonchev–Trinajstić information content (AvgIpc) is 3.13. The highest BCUT2D eigenvalue weighted by Gasteiger charge is 2.27. The minimum Gasteiger partial charge on any atom is -0.356 e. The summed E-state index contributed by atoms with van der Waals surface area (Å²) < 4.78 is 0.935. The standard InChI is InChI=1S/C12H16BrN3/c13-10-8-11(16-6-2-1-3-7-16)15-12(14-10)9-4-5-9/h8-9H,1-7H2. The van der Waals surface area contributed by atoms with Crippen molar-refractivity contribution in [3.63, 3.8) is 0 Å². The number of hydrogen-bond acceptors (Lipinski definition) is 3. The van der Waals surface area contributed by atoms with Crippen molar-refractivity contribution in [3.8, 4) is 0 Å². The Morgan fingerprint density at radius 1 is 1.12 bits per heavy atom. The molecule has 0 N–H and O–H groups in total. The second-order valence-electron chi connectivity index (χ2n) is 4.73. The fourth-order valence-corrected chi connectivity index (χ4v) is 2.62. The Morgan fingerprint density at radius 2 is 1.88 bits per heavy atom. The van der Waals surface area contributed by atoms with E-state index in [1.807, 2.05) is 0 Å². The van der Waals surface area contributed by atoms with Crippen LogP contribution in [0.2, 0.25) is 0 Å². The molecular formula is C12H16BrN3. The summed E-state index contributed by atoms with van der Waals surface area (Å²) in [5.41, 5.74) is 0. The van der Waals surface area contributed by atoms with Gasteiger partial charge in [-0.3, -0.25) is 0 Å². The molecule has 2 fully saturated rings. The number of piperidine rings is 1. The van der Waals surface area contributed by atoms with E-state index in [-0.39, 0.29) is 0 Å².